The lowest BCUT2D eigenvalue weighted by molar-refractivity contribution is -0.132. The Balaban J connectivity index is 1.70. The number of anilines is 1. The van der Waals surface area contributed by atoms with Crippen molar-refractivity contribution in [1.29, 1.82) is 0 Å². The SMILES string of the molecule is O=C(NCC1CN(c2ccc(-c3cccnc3)c(F)c2)C(=O)O1)C(F)F. The lowest BCUT2D eigenvalue weighted by atomic mass is 10.1. The molecule has 0 aliphatic carbocycles. The second-order valence-corrected chi connectivity index (χ2v) is 5.57. The van der Waals surface area contributed by atoms with Crippen LogP contribution in [0.4, 0.5) is 23.7 Å². The Hall–Kier alpha value is -3.10. The zero-order valence-corrected chi connectivity index (χ0v) is 13.4. The second-order valence-electron chi connectivity index (χ2n) is 5.57. The van der Waals surface area contributed by atoms with Gasteiger partial charge in [-0.15, -0.1) is 0 Å². The molecular formula is C17H14F3N3O3. The van der Waals surface area contributed by atoms with E-state index in [-0.39, 0.29) is 18.8 Å². The minimum atomic E-state index is -3.14. The molecule has 2 aromatic rings. The molecule has 1 aromatic carbocycles. The number of cyclic esters (lactones) is 1. The van der Waals surface area contributed by atoms with Crippen molar-refractivity contribution in [3.05, 3.63) is 48.5 Å². The van der Waals surface area contributed by atoms with Crippen LogP contribution in [0.3, 0.4) is 0 Å². The standard InChI is InChI=1S/C17H14F3N3O3/c18-14-6-11(3-4-13(14)10-2-1-5-21-7-10)23-9-12(26-17(23)25)8-22-16(24)15(19)20/h1-7,12,15H,8-9H2,(H,22,24). The number of rotatable bonds is 5. The predicted octanol–water partition coefficient (Wildman–Crippen LogP) is 2.59. The van der Waals surface area contributed by atoms with Gasteiger partial charge in [-0.3, -0.25) is 14.7 Å². The zero-order valence-electron chi connectivity index (χ0n) is 13.4. The number of aromatic nitrogens is 1. The van der Waals surface area contributed by atoms with Crippen molar-refractivity contribution in [1.82, 2.24) is 10.3 Å². The fraction of sp³-hybridized carbons (Fsp3) is 0.235. The number of halogens is 3. The van der Waals surface area contributed by atoms with Gasteiger partial charge in [0.2, 0.25) is 0 Å². The van der Waals surface area contributed by atoms with Crippen LogP contribution in [-0.2, 0) is 9.53 Å². The van der Waals surface area contributed by atoms with Gasteiger partial charge in [-0.05, 0) is 24.3 Å². The number of nitrogens with one attached hydrogen (secondary N) is 1. The summed E-state index contributed by atoms with van der Waals surface area (Å²) in [4.78, 5) is 27.9. The van der Waals surface area contributed by atoms with Crippen LogP contribution >= 0.6 is 0 Å². The summed E-state index contributed by atoms with van der Waals surface area (Å²) in [5, 5.41) is 1.98. The number of hydrogen-bond donors (Lipinski definition) is 1. The van der Waals surface area contributed by atoms with Gasteiger partial charge in [-0.2, -0.15) is 8.78 Å². The molecule has 2 heterocycles. The number of benzene rings is 1. The summed E-state index contributed by atoms with van der Waals surface area (Å²) in [5.74, 6) is -1.98. The summed E-state index contributed by atoms with van der Waals surface area (Å²) in [6, 6.07) is 7.63. The maximum atomic E-state index is 14.4. The molecule has 0 bridgehead atoms. The van der Waals surface area contributed by atoms with E-state index in [0.29, 0.717) is 11.1 Å². The molecule has 1 aliphatic heterocycles. The largest absolute Gasteiger partial charge is 0.442 e. The van der Waals surface area contributed by atoms with E-state index >= 15 is 0 Å². The van der Waals surface area contributed by atoms with E-state index in [2.05, 4.69) is 4.98 Å². The first-order valence-electron chi connectivity index (χ1n) is 7.69. The third-order valence-electron chi connectivity index (χ3n) is 3.81. The van der Waals surface area contributed by atoms with Gasteiger partial charge in [0.25, 0.3) is 5.91 Å². The quantitative estimate of drug-likeness (QED) is 0.884. The molecule has 1 N–H and O–H groups in total. The molecule has 1 saturated heterocycles. The first-order valence-corrected chi connectivity index (χ1v) is 7.69. The normalized spacial score (nSPS) is 16.7. The maximum absolute atomic E-state index is 14.4. The monoisotopic (exact) mass is 365 g/mol. The highest BCUT2D eigenvalue weighted by Crippen LogP contribution is 2.28. The Morgan fingerprint density at radius 2 is 2.19 bits per heavy atom. The highest BCUT2D eigenvalue weighted by Gasteiger charge is 2.33. The van der Waals surface area contributed by atoms with Crippen LogP contribution in [0, 0.1) is 5.82 Å². The predicted molar refractivity (Wildman–Crippen MR) is 86.3 cm³/mol. The fourth-order valence-electron chi connectivity index (χ4n) is 2.56. The number of nitrogens with zero attached hydrogens (tertiary/aromatic N) is 2. The van der Waals surface area contributed by atoms with Crippen LogP contribution in [0.25, 0.3) is 11.1 Å². The maximum Gasteiger partial charge on any atom is 0.414 e. The van der Waals surface area contributed by atoms with Crippen LogP contribution in [0.15, 0.2) is 42.7 Å². The summed E-state index contributed by atoms with van der Waals surface area (Å²) in [5.41, 5.74) is 1.19. The molecule has 1 unspecified atom stereocenters. The first kappa shape index (κ1) is 17.7. The van der Waals surface area contributed by atoms with Crippen LogP contribution in [0.2, 0.25) is 0 Å². The lowest BCUT2D eigenvalue weighted by Crippen LogP contribution is -2.37. The van der Waals surface area contributed by atoms with E-state index in [4.69, 9.17) is 4.74 Å². The summed E-state index contributed by atoms with van der Waals surface area (Å²) in [7, 11) is 0. The van der Waals surface area contributed by atoms with Gasteiger partial charge in [0.05, 0.1) is 18.8 Å². The molecule has 1 aromatic heterocycles. The molecule has 26 heavy (non-hydrogen) atoms. The summed E-state index contributed by atoms with van der Waals surface area (Å²) >= 11 is 0. The molecule has 1 aliphatic rings. The van der Waals surface area contributed by atoms with E-state index in [1.165, 1.54) is 23.2 Å². The molecule has 0 saturated carbocycles. The third-order valence-corrected chi connectivity index (χ3v) is 3.81. The highest BCUT2D eigenvalue weighted by atomic mass is 19.3. The van der Waals surface area contributed by atoms with Crippen molar-refractivity contribution in [2.75, 3.05) is 18.0 Å². The number of amides is 2. The van der Waals surface area contributed by atoms with Crippen molar-refractivity contribution in [2.24, 2.45) is 0 Å². The van der Waals surface area contributed by atoms with Crippen molar-refractivity contribution in [3.63, 3.8) is 0 Å². The summed E-state index contributed by atoms with van der Waals surface area (Å²) in [6.45, 7) is -0.240. The van der Waals surface area contributed by atoms with Gasteiger partial charge in [0, 0.05) is 23.5 Å². The summed E-state index contributed by atoms with van der Waals surface area (Å²) < 4.78 is 43.8. The molecule has 1 fully saturated rings. The van der Waals surface area contributed by atoms with E-state index in [1.54, 1.807) is 24.4 Å². The van der Waals surface area contributed by atoms with Crippen molar-refractivity contribution in [2.45, 2.75) is 12.5 Å². The summed E-state index contributed by atoms with van der Waals surface area (Å²) in [6.07, 6.45) is -1.59. The molecule has 0 spiro atoms. The van der Waals surface area contributed by atoms with Crippen molar-refractivity contribution in [3.8, 4) is 11.1 Å². The molecule has 3 rings (SSSR count). The molecule has 0 radical (unpaired) electrons. The zero-order chi connectivity index (χ0) is 18.7. The molecule has 136 valence electrons. The average Bonchev–Trinajstić information content (AvgIpc) is 3.01. The van der Waals surface area contributed by atoms with Gasteiger partial charge >= 0.3 is 12.5 Å². The Labute approximate surface area is 146 Å². The minimum absolute atomic E-state index is 0.00797. The number of carbonyl (C=O) groups is 2. The van der Waals surface area contributed by atoms with Gasteiger partial charge in [0.1, 0.15) is 11.9 Å². The van der Waals surface area contributed by atoms with Crippen LogP contribution in [0.5, 0.6) is 0 Å². The van der Waals surface area contributed by atoms with E-state index in [0.717, 1.165) is 0 Å². The van der Waals surface area contributed by atoms with Crippen molar-refractivity contribution < 1.29 is 27.5 Å². The smallest absolute Gasteiger partial charge is 0.414 e. The van der Waals surface area contributed by atoms with Crippen LogP contribution in [-0.4, -0.2) is 42.6 Å². The number of ether oxygens (including phenoxy) is 1. The topological polar surface area (TPSA) is 71.5 Å². The van der Waals surface area contributed by atoms with Gasteiger partial charge in [0.15, 0.2) is 0 Å². The number of pyridine rings is 1. The van der Waals surface area contributed by atoms with Crippen LogP contribution < -0.4 is 10.2 Å². The molecule has 2 amide bonds. The minimum Gasteiger partial charge on any atom is -0.442 e. The third kappa shape index (κ3) is 3.76. The van der Waals surface area contributed by atoms with Gasteiger partial charge in [-0.1, -0.05) is 6.07 Å². The van der Waals surface area contributed by atoms with E-state index < -0.39 is 30.3 Å². The number of alkyl halides is 2. The molecule has 6 nitrogen and oxygen atoms in total. The second kappa shape index (κ2) is 7.42. The van der Waals surface area contributed by atoms with Gasteiger partial charge in [-0.25, -0.2) is 9.18 Å². The Morgan fingerprint density at radius 3 is 2.85 bits per heavy atom. The van der Waals surface area contributed by atoms with Crippen molar-refractivity contribution >= 4 is 17.7 Å². The molecular weight excluding hydrogens is 351 g/mol. The Morgan fingerprint density at radius 1 is 1.38 bits per heavy atom. The lowest BCUT2D eigenvalue weighted by Gasteiger charge is -2.14. The highest BCUT2D eigenvalue weighted by molar-refractivity contribution is 5.90. The Kier molecular flexibility index (Phi) is 5.06. The Bertz CT molecular complexity index is 817. The molecule has 9 heteroatoms. The number of carbonyl (C=O) groups excluding carboxylic acids is 2. The van der Waals surface area contributed by atoms with Crippen LogP contribution in [0.1, 0.15) is 0 Å². The average molecular weight is 365 g/mol. The number of hydrogen-bond acceptors (Lipinski definition) is 4. The van der Waals surface area contributed by atoms with E-state index in [9.17, 15) is 22.8 Å². The van der Waals surface area contributed by atoms with E-state index in [1.807, 2.05) is 5.32 Å². The fourth-order valence-corrected chi connectivity index (χ4v) is 2.56. The first-order chi connectivity index (χ1) is 12.5. The van der Waals surface area contributed by atoms with Gasteiger partial charge < -0.3 is 10.1 Å². The molecule has 1 atom stereocenters.